The van der Waals surface area contributed by atoms with E-state index in [0.717, 1.165) is 12.1 Å². The van der Waals surface area contributed by atoms with E-state index in [9.17, 15) is 23.5 Å². The maximum absolute atomic E-state index is 14.0. The number of amides is 1. The summed E-state index contributed by atoms with van der Waals surface area (Å²) >= 11 is 7.47. The van der Waals surface area contributed by atoms with Gasteiger partial charge in [-0.25, -0.2) is 13.6 Å². The van der Waals surface area contributed by atoms with Crippen LogP contribution in [0, 0.1) is 18.6 Å². The van der Waals surface area contributed by atoms with Gasteiger partial charge in [-0.2, -0.15) is 0 Å². The van der Waals surface area contributed by atoms with Gasteiger partial charge >= 0.3 is 5.97 Å². The van der Waals surface area contributed by atoms with Crippen LogP contribution in [0.5, 0.6) is 0 Å². The number of nitrogens with zero attached hydrogens (tertiary/aromatic N) is 1. The quantitative estimate of drug-likeness (QED) is 0.681. The molecular weight excluding hydrogens is 438 g/mol. The third kappa shape index (κ3) is 4.36. The number of benzene rings is 2. The Morgan fingerprint density at radius 2 is 2.03 bits per heavy atom. The lowest BCUT2D eigenvalue weighted by molar-refractivity contribution is -0.117. The summed E-state index contributed by atoms with van der Waals surface area (Å²) in [5, 5.41) is 11.8. The number of halogens is 3. The zero-order chi connectivity index (χ0) is 22.0. The van der Waals surface area contributed by atoms with E-state index in [1.54, 1.807) is 19.2 Å². The molecule has 0 radical (unpaired) electrons. The molecule has 1 aliphatic rings. The van der Waals surface area contributed by atoms with Crippen molar-refractivity contribution in [1.82, 2.24) is 5.32 Å². The molecule has 30 heavy (non-hydrogen) atoms. The van der Waals surface area contributed by atoms with Crippen LogP contribution in [0.4, 0.5) is 14.5 Å². The summed E-state index contributed by atoms with van der Waals surface area (Å²) < 4.78 is 32.9. The number of carbonyl (C=O) groups excluding carboxylic acids is 1. The Balaban J connectivity index is 2.04. The molecule has 6 nitrogen and oxygen atoms in total. The van der Waals surface area contributed by atoms with Crippen molar-refractivity contribution in [2.45, 2.75) is 19.0 Å². The predicted octanol–water partition coefficient (Wildman–Crippen LogP) is 4.18. The second-order valence-electron chi connectivity index (χ2n) is 6.38. The third-order valence-corrected chi connectivity index (χ3v) is 5.52. The number of carboxylic acid groups (broad SMARTS) is 1. The van der Waals surface area contributed by atoms with Gasteiger partial charge in [-0.3, -0.25) is 9.69 Å². The van der Waals surface area contributed by atoms with Gasteiger partial charge in [0.05, 0.1) is 11.3 Å². The van der Waals surface area contributed by atoms with Crippen molar-refractivity contribution in [2.24, 2.45) is 0 Å². The first-order chi connectivity index (χ1) is 14.2. The molecule has 0 bridgehead atoms. The van der Waals surface area contributed by atoms with E-state index >= 15 is 0 Å². The van der Waals surface area contributed by atoms with Crippen molar-refractivity contribution >= 4 is 40.9 Å². The van der Waals surface area contributed by atoms with Gasteiger partial charge in [-0.05, 0) is 43.0 Å². The van der Waals surface area contributed by atoms with Crippen molar-refractivity contribution < 1.29 is 28.2 Å². The fourth-order valence-electron chi connectivity index (χ4n) is 2.87. The Kier molecular flexibility index (Phi) is 6.52. The summed E-state index contributed by atoms with van der Waals surface area (Å²) in [6.07, 6.45) is 1.74. The van der Waals surface area contributed by atoms with Gasteiger partial charge in [0.1, 0.15) is 18.2 Å². The highest BCUT2D eigenvalue weighted by Crippen LogP contribution is 2.35. The summed E-state index contributed by atoms with van der Waals surface area (Å²) in [5.74, 6) is -3.30. The zero-order valence-corrected chi connectivity index (χ0v) is 17.5. The van der Waals surface area contributed by atoms with Crippen LogP contribution in [-0.2, 0) is 16.1 Å². The summed E-state index contributed by atoms with van der Waals surface area (Å²) in [6, 6.07) is 7.56. The second kappa shape index (κ2) is 8.93. The van der Waals surface area contributed by atoms with Crippen LogP contribution in [0.15, 0.2) is 47.3 Å². The standard InChI is InChI=1S/C20H17ClF2N2O4S/c1-10-3-4-11(19(27)28)7-15(10)25-18(16(21)17(26)24-20(25)30-2)29-9-12-5-6-13(22)8-14(12)23/h3-8,20H,9H2,1-2H3,(H,24,26)(H,27,28). The minimum absolute atomic E-state index is 0.0346. The number of nitrogens with one attached hydrogen (secondary N) is 1. The molecule has 0 fully saturated rings. The molecule has 3 rings (SSSR count). The van der Waals surface area contributed by atoms with Crippen molar-refractivity contribution in [2.75, 3.05) is 11.2 Å². The number of aryl methyl sites for hydroxylation is 1. The van der Waals surface area contributed by atoms with E-state index in [4.69, 9.17) is 16.3 Å². The molecule has 2 aromatic rings. The monoisotopic (exact) mass is 454 g/mol. The fraction of sp³-hybridized carbons (Fsp3) is 0.200. The van der Waals surface area contributed by atoms with Crippen LogP contribution in [0.3, 0.4) is 0 Å². The highest BCUT2D eigenvalue weighted by molar-refractivity contribution is 7.99. The molecule has 0 saturated carbocycles. The largest absolute Gasteiger partial charge is 0.478 e. The molecule has 1 amide bonds. The Morgan fingerprint density at radius 1 is 1.30 bits per heavy atom. The van der Waals surface area contributed by atoms with Crippen molar-refractivity contribution in [3.63, 3.8) is 0 Å². The van der Waals surface area contributed by atoms with Gasteiger partial charge in [-0.15, -0.1) is 11.8 Å². The number of hydrogen-bond donors (Lipinski definition) is 2. The molecule has 158 valence electrons. The van der Waals surface area contributed by atoms with Gasteiger partial charge in [0.25, 0.3) is 5.91 Å². The van der Waals surface area contributed by atoms with Crippen LogP contribution in [0.25, 0.3) is 0 Å². The van der Waals surface area contributed by atoms with E-state index in [-0.39, 0.29) is 28.6 Å². The lowest BCUT2D eigenvalue weighted by Crippen LogP contribution is -2.51. The first-order valence-corrected chi connectivity index (χ1v) is 10.3. The van der Waals surface area contributed by atoms with Gasteiger partial charge in [-0.1, -0.05) is 17.7 Å². The van der Waals surface area contributed by atoms with Crippen molar-refractivity contribution in [3.8, 4) is 0 Å². The molecule has 10 heteroatoms. The SMILES string of the molecule is CSC1NC(=O)C(Cl)=C(OCc2ccc(F)cc2F)N1c1cc(C(=O)O)ccc1C. The normalized spacial score (nSPS) is 16.5. The number of ether oxygens (including phenoxy) is 1. The highest BCUT2D eigenvalue weighted by Gasteiger charge is 2.35. The van der Waals surface area contributed by atoms with E-state index in [2.05, 4.69) is 5.32 Å². The van der Waals surface area contributed by atoms with Crippen LogP contribution in [0.1, 0.15) is 21.5 Å². The molecule has 1 atom stereocenters. The molecule has 0 spiro atoms. The molecule has 2 N–H and O–H groups in total. The number of aromatic carboxylic acids is 1. The number of rotatable bonds is 6. The van der Waals surface area contributed by atoms with Gasteiger partial charge < -0.3 is 15.2 Å². The average Bonchev–Trinajstić information content (AvgIpc) is 2.70. The maximum Gasteiger partial charge on any atom is 0.335 e. The zero-order valence-electron chi connectivity index (χ0n) is 15.9. The molecule has 0 aromatic heterocycles. The van der Waals surface area contributed by atoms with Gasteiger partial charge in [0.15, 0.2) is 10.5 Å². The van der Waals surface area contributed by atoms with Crippen LogP contribution in [-0.4, -0.2) is 28.7 Å². The number of hydrogen-bond acceptors (Lipinski definition) is 5. The van der Waals surface area contributed by atoms with E-state index in [1.807, 2.05) is 0 Å². The van der Waals surface area contributed by atoms with E-state index in [0.29, 0.717) is 11.3 Å². The first kappa shape index (κ1) is 21.9. The Morgan fingerprint density at radius 3 is 2.67 bits per heavy atom. The maximum atomic E-state index is 14.0. The minimum Gasteiger partial charge on any atom is -0.478 e. The topological polar surface area (TPSA) is 78.9 Å². The van der Waals surface area contributed by atoms with Crippen LogP contribution in [0.2, 0.25) is 0 Å². The van der Waals surface area contributed by atoms with E-state index in [1.165, 1.54) is 34.9 Å². The Labute approximate surface area is 180 Å². The first-order valence-electron chi connectivity index (χ1n) is 8.66. The minimum atomic E-state index is -1.12. The summed E-state index contributed by atoms with van der Waals surface area (Å²) in [6.45, 7) is 1.44. The summed E-state index contributed by atoms with van der Waals surface area (Å²) in [5.41, 5.74) is 0.593. The highest BCUT2D eigenvalue weighted by atomic mass is 35.5. The fourth-order valence-corrected chi connectivity index (χ4v) is 3.71. The lowest BCUT2D eigenvalue weighted by Gasteiger charge is -2.38. The third-order valence-electron chi connectivity index (χ3n) is 4.41. The number of anilines is 1. The number of thioether (sulfide) groups is 1. The molecule has 1 unspecified atom stereocenters. The molecule has 0 saturated heterocycles. The molecule has 1 aliphatic heterocycles. The smallest absolute Gasteiger partial charge is 0.335 e. The number of carbonyl (C=O) groups is 2. The van der Waals surface area contributed by atoms with Crippen LogP contribution < -0.4 is 10.2 Å². The average molecular weight is 455 g/mol. The van der Waals surface area contributed by atoms with Crippen LogP contribution >= 0.6 is 23.4 Å². The summed E-state index contributed by atoms with van der Waals surface area (Å²) in [4.78, 5) is 25.3. The Bertz CT molecular complexity index is 1050. The summed E-state index contributed by atoms with van der Waals surface area (Å²) in [7, 11) is 0. The molecule has 1 heterocycles. The van der Waals surface area contributed by atoms with Gasteiger partial charge in [0, 0.05) is 11.6 Å². The predicted molar refractivity (Wildman–Crippen MR) is 110 cm³/mol. The number of carboxylic acids is 1. The van der Waals surface area contributed by atoms with Gasteiger partial charge in [0.2, 0.25) is 5.88 Å². The molecule has 0 aliphatic carbocycles. The van der Waals surface area contributed by atoms with Crippen molar-refractivity contribution in [1.29, 1.82) is 0 Å². The lowest BCUT2D eigenvalue weighted by atomic mass is 10.1. The molecule has 2 aromatic carbocycles. The Hall–Kier alpha value is -2.78. The van der Waals surface area contributed by atoms with E-state index < -0.39 is 29.0 Å². The van der Waals surface area contributed by atoms with Crippen molar-refractivity contribution in [3.05, 3.63) is 75.6 Å². The molecular formula is C20H17ClF2N2O4S. The second-order valence-corrected chi connectivity index (χ2v) is 7.68.